The molecule has 2 aromatic rings. The van der Waals surface area contributed by atoms with Crippen LogP contribution in [0.4, 0.5) is 5.69 Å². The number of anilines is 1. The molecule has 0 atom stereocenters. The lowest BCUT2D eigenvalue weighted by Gasteiger charge is -2.26. The van der Waals surface area contributed by atoms with Crippen molar-refractivity contribution in [1.29, 1.82) is 0 Å². The van der Waals surface area contributed by atoms with Gasteiger partial charge in [0.25, 0.3) is 0 Å². The van der Waals surface area contributed by atoms with Gasteiger partial charge in [0.2, 0.25) is 5.91 Å². The summed E-state index contributed by atoms with van der Waals surface area (Å²) in [4.78, 5) is 24.3. The number of hydrogen-bond acceptors (Lipinski definition) is 3. The zero-order chi connectivity index (χ0) is 13.9. The maximum Gasteiger partial charge on any atom is 0.226 e. The van der Waals surface area contributed by atoms with Crippen LogP contribution in [0, 0.1) is 0 Å². The van der Waals surface area contributed by atoms with Crippen molar-refractivity contribution in [2.45, 2.75) is 19.3 Å². The molecule has 0 bridgehead atoms. The average molecular weight is 269 g/mol. The van der Waals surface area contributed by atoms with Crippen molar-refractivity contribution in [3.05, 3.63) is 42.2 Å². The molecule has 1 aliphatic rings. The number of rotatable bonds is 3. The maximum atomic E-state index is 11.9. The van der Waals surface area contributed by atoms with Gasteiger partial charge < -0.3 is 9.32 Å². The van der Waals surface area contributed by atoms with Crippen LogP contribution in [0.3, 0.4) is 0 Å². The Morgan fingerprint density at radius 2 is 1.85 bits per heavy atom. The summed E-state index contributed by atoms with van der Waals surface area (Å²) < 4.78 is 5.38. The highest BCUT2D eigenvalue weighted by molar-refractivity contribution is 5.94. The Bertz CT molecular complexity index is 627. The van der Waals surface area contributed by atoms with E-state index in [1.807, 2.05) is 29.2 Å². The summed E-state index contributed by atoms with van der Waals surface area (Å²) in [6.07, 6.45) is 3.34. The van der Waals surface area contributed by atoms with Gasteiger partial charge in [-0.1, -0.05) is 0 Å². The van der Waals surface area contributed by atoms with Gasteiger partial charge in [-0.2, -0.15) is 0 Å². The van der Waals surface area contributed by atoms with Crippen molar-refractivity contribution in [3.63, 3.8) is 0 Å². The highest BCUT2D eigenvalue weighted by Crippen LogP contribution is 2.26. The molecule has 1 amide bonds. The molecule has 1 aliphatic heterocycles. The molecule has 102 valence electrons. The molecule has 0 spiro atoms. The quantitative estimate of drug-likeness (QED) is 0.803. The third-order valence-electron chi connectivity index (χ3n) is 3.53. The molecule has 20 heavy (non-hydrogen) atoms. The summed E-state index contributed by atoms with van der Waals surface area (Å²) >= 11 is 0. The summed E-state index contributed by atoms with van der Waals surface area (Å²) in [5.41, 5.74) is 1.81. The average Bonchev–Trinajstić information content (AvgIpc) is 2.97. The second kappa shape index (κ2) is 5.33. The fourth-order valence-corrected chi connectivity index (χ4v) is 2.46. The number of piperidine rings is 1. The van der Waals surface area contributed by atoms with Crippen LogP contribution in [0.15, 0.2) is 40.8 Å². The van der Waals surface area contributed by atoms with E-state index in [-0.39, 0.29) is 5.91 Å². The normalized spacial score (nSPS) is 15.4. The molecule has 0 N–H and O–H groups in total. The van der Waals surface area contributed by atoms with Crippen molar-refractivity contribution in [2.24, 2.45) is 0 Å². The standard InChI is InChI=1S/C16H15NO3/c18-11-14-8-9-15(20-14)12-4-6-13(7-5-12)17-10-2-1-3-16(17)19/h4-9,11H,1-3,10H2. The van der Waals surface area contributed by atoms with Crippen molar-refractivity contribution < 1.29 is 14.0 Å². The van der Waals surface area contributed by atoms with Gasteiger partial charge in [-0.3, -0.25) is 9.59 Å². The number of furan rings is 1. The van der Waals surface area contributed by atoms with Gasteiger partial charge in [0.05, 0.1) is 0 Å². The highest BCUT2D eigenvalue weighted by atomic mass is 16.3. The Morgan fingerprint density at radius 1 is 1.05 bits per heavy atom. The largest absolute Gasteiger partial charge is 0.453 e. The van der Waals surface area contributed by atoms with E-state index in [9.17, 15) is 9.59 Å². The van der Waals surface area contributed by atoms with Crippen LogP contribution in [0.2, 0.25) is 0 Å². The molecular formula is C16H15NO3. The zero-order valence-corrected chi connectivity index (χ0v) is 11.0. The molecule has 3 rings (SSSR count). The van der Waals surface area contributed by atoms with Crippen LogP contribution >= 0.6 is 0 Å². The Labute approximate surface area is 117 Å². The molecule has 2 heterocycles. The SMILES string of the molecule is O=Cc1ccc(-c2ccc(N3CCCCC3=O)cc2)o1. The lowest BCUT2D eigenvalue weighted by Crippen LogP contribution is -2.35. The van der Waals surface area contributed by atoms with Crippen LogP contribution < -0.4 is 4.90 Å². The van der Waals surface area contributed by atoms with Crippen molar-refractivity contribution in [1.82, 2.24) is 0 Å². The number of benzene rings is 1. The van der Waals surface area contributed by atoms with Crippen LogP contribution in [0.1, 0.15) is 29.8 Å². The van der Waals surface area contributed by atoms with E-state index < -0.39 is 0 Å². The van der Waals surface area contributed by atoms with E-state index in [0.717, 1.165) is 30.6 Å². The van der Waals surface area contributed by atoms with Crippen LogP contribution in [0.5, 0.6) is 0 Å². The highest BCUT2D eigenvalue weighted by Gasteiger charge is 2.19. The van der Waals surface area contributed by atoms with Crippen LogP contribution in [-0.2, 0) is 4.79 Å². The van der Waals surface area contributed by atoms with E-state index in [0.29, 0.717) is 24.2 Å². The van der Waals surface area contributed by atoms with Gasteiger partial charge in [-0.15, -0.1) is 0 Å². The van der Waals surface area contributed by atoms with Gasteiger partial charge in [0, 0.05) is 24.2 Å². The minimum Gasteiger partial charge on any atom is -0.453 e. The minimum atomic E-state index is 0.185. The van der Waals surface area contributed by atoms with Gasteiger partial charge >= 0.3 is 0 Å². The maximum absolute atomic E-state index is 11.9. The van der Waals surface area contributed by atoms with Gasteiger partial charge in [0.15, 0.2) is 12.0 Å². The molecule has 0 aliphatic carbocycles. The number of carbonyl (C=O) groups excluding carboxylic acids is 2. The minimum absolute atomic E-state index is 0.185. The lowest BCUT2D eigenvalue weighted by molar-refractivity contribution is -0.119. The third kappa shape index (κ3) is 2.37. The fraction of sp³-hybridized carbons (Fsp3) is 0.250. The smallest absolute Gasteiger partial charge is 0.226 e. The molecule has 0 unspecified atom stereocenters. The number of nitrogens with zero attached hydrogens (tertiary/aromatic N) is 1. The Balaban J connectivity index is 1.83. The Hall–Kier alpha value is -2.36. The van der Waals surface area contributed by atoms with Gasteiger partial charge in [0.1, 0.15) is 5.76 Å². The number of aldehydes is 1. The predicted octanol–water partition coefficient (Wildman–Crippen LogP) is 3.28. The molecule has 1 aromatic carbocycles. The van der Waals surface area contributed by atoms with Crippen LogP contribution in [-0.4, -0.2) is 18.7 Å². The summed E-state index contributed by atoms with van der Waals surface area (Å²) in [6, 6.07) is 11.1. The number of amides is 1. The number of carbonyl (C=O) groups is 2. The first-order valence-corrected chi connectivity index (χ1v) is 6.74. The van der Waals surface area contributed by atoms with Crippen LogP contribution in [0.25, 0.3) is 11.3 Å². The lowest BCUT2D eigenvalue weighted by atomic mass is 10.1. The first-order chi connectivity index (χ1) is 9.78. The number of hydrogen-bond donors (Lipinski definition) is 0. The monoisotopic (exact) mass is 269 g/mol. The summed E-state index contributed by atoms with van der Waals surface area (Å²) in [7, 11) is 0. The van der Waals surface area contributed by atoms with Crippen molar-refractivity contribution >= 4 is 17.9 Å². The molecule has 0 radical (unpaired) electrons. The van der Waals surface area contributed by atoms with Gasteiger partial charge in [-0.25, -0.2) is 0 Å². The topological polar surface area (TPSA) is 50.5 Å². The predicted molar refractivity (Wildman–Crippen MR) is 75.7 cm³/mol. The first kappa shape index (κ1) is 12.7. The molecule has 1 aromatic heterocycles. The Kier molecular flexibility index (Phi) is 3.37. The van der Waals surface area contributed by atoms with E-state index in [2.05, 4.69) is 0 Å². The fourth-order valence-electron chi connectivity index (χ4n) is 2.46. The van der Waals surface area contributed by atoms with E-state index in [1.165, 1.54) is 0 Å². The van der Waals surface area contributed by atoms with Crippen molar-refractivity contribution in [3.8, 4) is 11.3 Å². The van der Waals surface area contributed by atoms with E-state index in [4.69, 9.17) is 4.42 Å². The molecule has 1 fully saturated rings. The van der Waals surface area contributed by atoms with Crippen molar-refractivity contribution in [2.75, 3.05) is 11.4 Å². The summed E-state index contributed by atoms with van der Waals surface area (Å²) in [5, 5.41) is 0. The second-order valence-corrected chi connectivity index (χ2v) is 4.87. The summed E-state index contributed by atoms with van der Waals surface area (Å²) in [6.45, 7) is 0.786. The molecule has 1 saturated heterocycles. The van der Waals surface area contributed by atoms with E-state index >= 15 is 0 Å². The molecule has 4 heteroatoms. The molecule has 4 nitrogen and oxygen atoms in total. The zero-order valence-electron chi connectivity index (χ0n) is 11.0. The van der Waals surface area contributed by atoms with Gasteiger partial charge in [-0.05, 0) is 49.2 Å². The Morgan fingerprint density at radius 3 is 2.50 bits per heavy atom. The molecule has 0 saturated carbocycles. The summed E-state index contributed by atoms with van der Waals surface area (Å²) in [5.74, 6) is 1.16. The second-order valence-electron chi connectivity index (χ2n) is 4.87. The third-order valence-corrected chi connectivity index (χ3v) is 3.53. The first-order valence-electron chi connectivity index (χ1n) is 6.74. The van der Waals surface area contributed by atoms with E-state index in [1.54, 1.807) is 12.1 Å². The molecular weight excluding hydrogens is 254 g/mol.